The number of methoxy groups -OCH3 is 1. The first-order chi connectivity index (χ1) is 11.3. The van der Waals surface area contributed by atoms with Crippen LogP contribution in [0, 0.1) is 0 Å². The molecular weight excluding hydrogens is 288 g/mol. The van der Waals surface area contributed by atoms with E-state index in [1.165, 1.54) is 5.69 Å². The van der Waals surface area contributed by atoms with Gasteiger partial charge in [-0.2, -0.15) is 0 Å². The quantitative estimate of drug-likeness (QED) is 0.923. The number of hydrogen-bond donors (Lipinski definition) is 1. The molecular formula is C19H22N2O2. The number of rotatable bonds is 5. The molecule has 3 rings (SSSR count). The molecule has 4 nitrogen and oxygen atoms in total. The molecule has 0 radical (unpaired) electrons. The Hall–Kier alpha value is -2.49. The van der Waals surface area contributed by atoms with E-state index < -0.39 is 0 Å². The first kappa shape index (κ1) is 15.4. The lowest BCUT2D eigenvalue weighted by molar-refractivity contribution is -0.121. The largest absolute Gasteiger partial charge is 0.496 e. The van der Waals surface area contributed by atoms with E-state index in [9.17, 15) is 4.79 Å². The van der Waals surface area contributed by atoms with Crippen LogP contribution in [0.25, 0.3) is 0 Å². The summed E-state index contributed by atoms with van der Waals surface area (Å²) in [5.41, 5.74) is 2.14. The van der Waals surface area contributed by atoms with Crippen molar-refractivity contribution < 1.29 is 9.53 Å². The molecule has 1 aliphatic heterocycles. The minimum absolute atomic E-state index is 0.0504. The zero-order chi connectivity index (χ0) is 16.1. The van der Waals surface area contributed by atoms with Crippen LogP contribution in [-0.2, 0) is 11.2 Å². The molecule has 1 N–H and O–H groups in total. The van der Waals surface area contributed by atoms with Crippen molar-refractivity contribution in [3.8, 4) is 5.75 Å². The highest BCUT2D eigenvalue weighted by atomic mass is 16.5. The van der Waals surface area contributed by atoms with E-state index in [0.29, 0.717) is 6.42 Å². The highest BCUT2D eigenvalue weighted by Gasteiger charge is 2.24. The molecule has 0 aliphatic carbocycles. The molecule has 1 fully saturated rings. The van der Waals surface area contributed by atoms with Gasteiger partial charge in [0.2, 0.25) is 5.91 Å². The maximum Gasteiger partial charge on any atom is 0.224 e. The molecule has 0 saturated carbocycles. The van der Waals surface area contributed by atoms with Gasteiger partial charge < -0.3 is 15.0 Å². The molecule has 2 aromatic rings. The smallest absolute Gasteiger partial charge is 0.224 e. The van der Waals surface area contributed by atoms with Gasteiger partial charge in [0.15, 0.2) is 0 Å². The number of para-hydroxylation sites is 2. The second-order valence-corrected chi connectivity index (χ2v) is 5.82. The molecule has 0 aromatic heterocycles. The highest BCUT2D eigenvalue weighted by molar-refractivity contribution is 5.79. The molecule has 0 bridgehead atoms. The Bertz CT molecular complexity index is 657. The van der Waals surface area contributed by atoms with Crippen LogP contribution in [0.5, 0.6) is 5.75 Å². The fourth-order valence-electron chi connectivity index (χ4n) is 3.05. The summed E-state index contributed by atoms with van der Waals surface area (Å²) in [6.07, 6.45) is 1.33. The van der Waals surface area contributed by atoms with Crippen molar-refractivity contribution in [3.05, 3.63) is 60.2 Å². The Labute approximate surface area is 137 Å². The van der Waals surface area contributed by atoms with Crippen LogP contribution in [-0.4, -0.2) is 32.1 Å². The first-order valence-corrected chi connectivity index (χ1v) is 7.97. The van der Waals surface area contributed by atoms with Crippen molar-refractivity contribution in [2.24, 2.45) is 0 Å². The maximum absolute atomic E-state index is 12.3. The lowest BCUT2D eigenvalue weighted by atomic mass is 10.1. The second kappa shape index (κ2) is 7.18. The normalized spacial score (nSPS) is 17.1. The summed E-state index contributed by atoms with van der Waals surface area (Å²) in [6.45, 7) is 1.84. The molecule has 0 spiro atoms. The van der Waals surface area contributed by atoms with Gasteiger partial charge in [-0.05, 0) is 24.6 Å². The summed E-state index contributed by atoms with van der Waals surface area (Å²) in [4.78, 5) is 14.6. The van der Waals surface area contributed by atoms with E-state index >= 15 is 0 Å². The van der Waals surface area contributed by atoms with Gasteiger partial charge in [0.25, 0.3) is 0 Å². The van der Waals surface area contributed by atoms with Crippen LogP contribution in [0.15, 0.2) is 54.6 Å². The Balaban J connectivity index is 1.55. The number of anilines is 1. The number of hydrogen-bond acceptors (Lipinski definition) is 3. The molecule has 1 aliphatic rings. The summed E-state index contributed by atoms with van der Waals surface area (Å²) in [5, 5.41) is 3.14. The van der Waals surface area contributed by atoms with Gasteiger partial charge in [-0.15, -0.1) is 0 Å². The SMILES string of the molecule is COc1ccccc1CC(=O)N[C@@H]1CCN(c2ccccc2)C1. The van der Waals surface area contributed by atoms with Crippen LogP contribution in [0.1, 0.15) is 12.0 Å². The van der Waals surface area contributed by atoms with Crippen LogP contribution in [0.2, 0.25) is 0 Å². The zero-order valence-electron chi connectivity index (χ0n) is 13.4. The molecule has 120 valence electrons. The summed E-state index contributed by atoms with van der Waals surface area (Å²) < 4.78 is 5.30. The van der Waals surface area contributed by atoms with Gasteiger partial charge in [-0.3, -0.25) is 4.79 Å². The minimum Gasteiger partial charge on any atom is -0.496 e. The Morgan fingerprint density at radius 1 is 1.17 bits per heavy atom. The predicted molar refractivity (Wildman–Crippen MR) is 91.9 cm³/mol. The third-order valence-corrected chi connectivity index (χ3v) is 4.22. The maximum atomic E-state index is 12.3. The molecule has 2 aromatic carbocycles. The van der Waals surface area contributed by atoms with Crippen molar-refractivity contribution in [2.45, 2.75) is 18.9 Å². The van der Waals surface area contributed by atoms with Gasteiger partial charge in [-0.1, -0.05) is 36.4 Å². The Morgan fingerprint density at radius 3 is 2.70 bits per heavy atom. The highest BCUT2D eigenvalue weighted by Crippen LogP contribution is 2.21. The average Bonchev–Trinajstić information content (AvgIpc) is 3.04. The van der Waals surface area contributed by atoms with Gasteiger partial charge in [0.1, 0.15) is 5.75 Å². The van der Waals surface area contributed by atoms with E-state index in [0.717, 1.165) is 30.8 Å². The standard InChI is InChI=1S/C19H22N2O2/c1-23-18-10-6-5-7-15(18)13-19(22)20-16-11-12-21(14-16)17-8-3-2-4-9-17/h2-10,16H,11-14H2,1H3,(H,20,22)/t16-/m1/s1. The number of benzene rings is 2. The summed E-state index contributed by atoms with van der Waals surface area (Å²) >= 11 is 0. The average molecular weight is 310 g/mol. The lowest BCUT2D eigenvalue weighted by Crippen LogP contribution is -2.38. The number of carbonyl (C=O) groups excluding carboxylic acids is 1. The van der Waals surface area contributed by atoms with E-state index in [1.807, 2.05) is 42.5 Å². The Morgan fingerprint density at radius 2 is 1.91 bits per heavy atom. The van der Waals surface area contributed by atoms with Crippen molar-refractivity contribution in [3.63, 3.8) is 0 Å². The number of amides is 1. The zero-order valence-corrected chi connectivity index (χ0v) is 13.4. The number of nitrogens with one attached hydrogen (secondary N) is 1. The molecule has 4 heteroatoms. The predicted octanol–water partition coefficient (Wildman–Crippen LogP) is 2.63. The van der Waals surface area contributed by atoms with Gasteiger partial charge in [0.05, 0.1) is 13.5 Å². The monoisotopic (exact) mass is 310 g/mol. The van der Waals surface area contributed by atoms with E-state index in [2.05, 4.69) is 22.3 Å². The third-order valence-electron chi connectivity index (χ3n) is 4.22. The van der Waals surface area contributed by atoms with Crippen LogP contribution >= 0.6 is 0 Å². The van der Waals surface area contributed by atoms with E-state index in [1.54, 1.807) is 7.11 Å². The molecule has 1 heterocycles. The van der Waals surface area contributed by atoms with Crippen molar-refractivity contribution in [2.75, 3.05) is 25.1 Å². The topological polar surface area (TPSA) is 41.6 Å². The fraction of sp³-hybridized carbons (Fsp3) is 0.316. The summed E-state index contributed by atoms with van der Waals surface area (Å²) in [6, 6.07) is 18.2. The van der Waals surface area contributed by atoms with Crippen LogP contribution < -0.4 is 15.0 Å². The van der Waals surface area contributed by atoms with Gasteiger partial charge in [0, 0.05) is 30.4 Å². The van der Waals surface area contributed by atoms with Crippen molar-refractivity contribution in [1.29, 1.82) is 0 Å². The fourth-order valence-corrected chi connectivity index (χ4v) is 3.05. The number of carbonyl (C=O) groups is 1. The third kappa shape index (κ3) is 3.83. The number of ether oxygens (including phenoxy) is 1. The van der Waals surface area contributed by atoms with Gasteiger partial charge >= 0.3 is 0 Å². The molecule has 1 saturated heterocycles. The lowest BCUT2D eigenvalue weighted by Gasteiger charge is -2.19. The first-order valence-electron chi connectivity index (χ1n) is 7.97. The molecule has 0 unspecified atom stereocenters. The van der Waals surface area contributed by atoms with Crippen molar-refractivity contribution >= 4 is 11.6 Å². The minimum atomic E-state index is 0.0504. The molecule has 1 atom stereocenters. The van der Waals surface area contributed by atoms with Crippen LogP contribution in [0.3, 0.4) is 0 Å². The van der Waals surface area contributed by atoms with Crippen LogP contribution in [0.4, 0.5) is 5.69 Å². The Kier molecular flexibility index (Phi) is 4.81. The molecule has 23 heavy (non-hydrogen) atoms. The van der Waals surface area contributed by atoms with Crippen molar-refractivity contribution in [1.82, 2.24) is 5.32 Å². The van der Waals surface area contributed by atoms with Gasteiger partial charge in [-0.25, -0.2) is 0 Å². The second-order valence-electron chi connectivity index (χ2n) is 5.82. The molecule has 1 amide bonds. The summed E-state index contributed by atoms with van der Waals surface area (Å²) in [7, 11) is 1.63. The summed E-state index contributed by atoms with van der Waals surface area (Å²) in [5.74, 6) is 0.814. The number of nitrogens with zero attached hydrogens (tertiary/aromatic N) is 1. The van der Waals surface area contributed by atoms with E-state index in [4.69, 9.17) is 4.74 Å². The van der Waals surface area contributed by atoms with E-state index in [-0.39, 0.29) is 11.9 Å².